The number of benzene rings is 3. The predicted octanol–water partition coefficient (Wildman–Crippen LogP) is 5.86. The summed E-state index contributed by atoms with van der Waals surface area (Å²) >= 11 is 0. The molecule has 0 aliphatic carbocycles. The van der Waals surface area contributed by atoms with Crippen molar-refractivity contribution >= 4 is 5.82 Å². The number of ether oxygens (including phenoxy) is 4. The predicted molar refractivity (Wildman–Crippen MR) is 139 cm³/mol. The zero-order valence-electron chi connectivity index (χ0n) is 20.4. The minimum Gasteiger partial charge on any atom is -0.497 e. The number of nitrogen functional groups attached to an aromatic ring is 1. The molecule has 182 valence electrons. The summed E-state index contributed by atoms with van der Waals surface area (Å²) in [7, 11) is 3.23. The van der Waals surface area contributed by atoms with Crippen LogP contribution in [0.4, 0.5) is 5.82 Å². The fourth-order valence-electron chi connectivity index (χ4n) is 3.98. The van der Waals surface area contributed by atoms with Crippen molar-refractivity contribution in [2.24, 2.45) is 0 Å². The monoisotopic (exact) mass is 481 g/mol. The Labute approximate surface area is 210 Å². The van der Waals surface area contributed by atoms with E-state index in [1.807, 2.05) is 73.7 Å². The van der Waals surface area contributed by atoms with Crippen LogP contribution < -0.4 is 24.7 Å². The summed E-state index contributed by atoms with van der Waals surface area (Å²) in [5.41, 5.74) is 10.4. The van der Waals surface area contributed by atoms with Crippen molar-refractivity contribution in [3.8, 4) is 51.3 Å². The van der Waals surface area contributed by atoms with E-state index in [1.54, 1.807) is 20.4 Å². The van der Waals surface area contributed by atoms with Gasteiger partial charge >= 0.3 is 0 Å². The maximum atomic E-state index is 9.91. The second kappa shape index (κ2) is 11.2. The van der Waals surface area contributed by atoms with Crippen LogP contribution in [0.25, 0.3) is 22.3 Å². The first-order valence-electron chi connectivity index (χ1n) is 11.4. The third-order valence-corrected chi connectivity index (χ3v) is 5.71. The molecule has 36 heavy (non-hydrogen) atoms. The maximum absolute atomic E-state index is 9.91. The molecule has 7 heteroatoms. The van der Waals surface area contributed by atoms with Crippen molar-refractivity contribution in [3.05, 3.63) is 84.1 Å². The van der Waals surface area contributed by atoms with Gasteiger partial charge in [0.15, 0.2) is 11.5 Å². The lowest BCUT2D eigenvalue weighted by atomic mass is 9.92. The highest BCUT2D eigenvalue weighted by Crippen LogP contribution is 2.40. The van der Waals surface area contributed by atoms with Crippen LogP contribution in [0.1, 0.15) is 18.1 Å². The zero-order valence-corrected chi connectivity index (χ0v) is 20.4. The number of aromatic nitrogens is 1. The fraction of sp³-hybridized carbons (Fsp3) is 0.172. The molecule has 0 saturated heterocycles. The summed E-state index contributed by atoms with van der Waals surface area (Å²) in [6.45, 7) is 2.60. The third kappa shape index (κ3) is 5.03. The average Bonchev–Trinajstić information content (AvgIpc) is 2.92. The summed E-state index contributed by atoms with van der Waals surface area (Å²) in [5.74, 6) is 2.70. The van der Waals surface area contributed by atoms with Crippen LogP contribution in [0.3, 0.4) is 0 Å². The molecule has 0 aliphatic heterocycles. The minimum absolute atomic E-state index is 0.176. The Balaban J connectivity index is 1.76. The van der Waals surface area contributed by atoms with Crippen LogP contribution >= 0.6 is 0 Å². The Hall–Kier alpha value is -4.70. The number of anilines is 1. The quantitative estimate of drug-likeness (QED) is 0.319. The average molecular weight is 482 g/mol. The van der Waals surface area contributed by atoms with Gasteiger partial charge in [-0.2, -0.15) is 5.26 Å². The first-order valence-corrected chi connectivity index (χ1v) is 11.4. The van der Waals surface area contributed by atoms with Crippen LogP contribution in [0, 0.1) is 11.3 Å². The lowest BCUT2D eigenvalue weighted by Gasteiger charge is -2.17. The molecular formula is C29H27N3O4. The van der Waals surface area contributed by atoms with Gasteiger partial charge in [-0.15, -0.1) is 0 Å². The van der Waals surface area contributed by atoms with Gasteiger partial charge in [-0.3, -0.25) is 0 Å². The Kier molecular flexibility index (Phi) is 7.57. The molecule has 0 radical (unpaired) electrons. The van der Waals surface area contributed by atoms with Crippen molar-refractivity contribution in [2.45, 2.75) is 13.5 Å². The highest BCUT2D eigenvalue weighted by molar-refractivity contribution is 5.90. The number of nitrogens with zero attached hydrogens (tertiary/aromatic N) is 2. The highest BCUT2D eigenvalue weighted by Gasteiger charge is 2.19. The van der Waals surface area contributed by atoms with E-state index >= 15 is 0 Å². The summed E-state index contributed by atoms with van der Waals surface area (Å²) in [4.78, 5) is 4.26. The van der Waals surface area contributed by atoms with Crippen molar-refractivity contribution < 1.29 is 18.9 Å². The lowest BCUT2D eigenvalue weighted by Crippen LogP contribution is -2.03. The van der Waals surface area contributed by atoms with Gasteiger partial charge < -0.3 is 24.7 Å². The topological polar surface area (TPSA) is 99.6 Å². The van der Waals surface area contributed by atoms with Gasteiger partial charge in [0.25, 0.3) is 0 Å². The third-order valence-electron chi connectivity index (χ3n) is 5.71. The standard InChI is InChI=1S/C29H27N3O4/c1-4-35-27-15-20(10-12-26(27)36-18-21-14-22(33-2)11-13-25(21)34-3)28-23(16-30)29(31)32-17-24(28)19-8-6-5-7-9-19/h5-15,17H,4,18H2,1-3H3,(H2,31,32). The van der Waals surface area contributed by atoms with E-state index in [1.165, 1.54) is 0 Å². The molecule has 3 aromatic carbocycles. The molecule has 4 aromatic rings. The van der Waals surface area contributed by atoms with Crippen molar-refractivity contribution in [2.75, 3.05) is 26.6 Å². The number of methoxy groups -OCH3 is 2. The molecule has 0 amide bonds. The second-order valence-electron chi connectivity index (χ2n) is 7.85. The molecule has 1 heterocycles. The number of hydrogen-bond acceptors (Lipinski definition) is 7. The Morgan fingerprint density at radius 2 is 1.64 bits per heavy atom. The Morgan fingerprint density at radius 1 is 0.861 bits per heavy atom. The van der Waals surface area contributed by atoms with E-state index < -0.39 is 0 Å². The first-order chi connectivity index (χ1) is 17.6. The fourth-order valence-corrected chi connectivity index (χ4v) is 3.98. The molecule has 0 unspecified atom stereocenters. The molecule has 0 aliphatic rings. The zero-order chi connectivity index (χ0) is 25.5. The molecule has 0 fully saturated rings. The van der Waals surface area contributed by atoms with E-state index in [9.17, 15) is 5.26 Å². The van der Waals surface area contributed by atoms with E-state index in [-0.39, 0.29) is 12.4 Å². The van der Waals surface area contributed by atoms with Gasteiger partial charge in [-0.25, -0.2) is 4.98 Å². The van der Waals surface area contributed by atoms with Gasteiger partial charge in [0, 0.05) is 22.9 Å². The van der Waals surface area contributed by atoms with Crippen LogP contribution in [0.5, 0.6) is 23.0 Å². The number of hydrogen-bond donors (Lipinski definition) is 1. The largest absolute Gasteiger partial charge is 0.497 e. The minimum atomic E-state index is 0.176. The Bertz CT molecular complexity index is 1400. The number of pyridine rings is 1. The summed E-state index contributed by atoms with van der Waals surface area (Å²) in [6.07, 6.45) is 1.70. The first kappa shape index (κ1) is 24.4. The molecule has 1 aromatic heterocycles. The van der Waals surface area contributed by atoms with Gasteiger partial charge in [0.05, 0.1) is 20.8 Å². The smallest absolute Gasteiger partial charge is 0.161 e. The summed E-state index contributed by atoms with van der Waals surface area (Å²) in [6, 6.07) is 23.1. The maximum Gasteiger partial charge on any atom is 0.161 e. The van der Waals surface area contributed by atoms with Gasteiger partial charge in [-0.1, -0.05) is 36.4 Å². The van der Waals surface area contributed by atoms with Crippen molar-refractivity contribution in [3.63, 3.8) is 0 Å². The van der Waals surface area contributed by atoms with Crippen molar-refractivity contribution in [1.29, 1.82) is 5.26 Å². The van der Waals surface area contributed by atoms with E-state index in [4.69, 9.17) is 24.7 Å². The van der Waals surface area contributed by atoms with Gasteiger partial charge in [-0.05, 0) is 48.4 Å². The van der Waals surface area contributed by atoms with Crippen LogP contribution in [0.2, 0.25) is 0 Å². The molecular weight excluding hydrogens is 454 g/mol. The molecule has 0 spiro atoms. The van der Waals surface area contributed by atoms with E-state index in [2.05, 4.69) is 11.1 Å². The molecule has 4 rings (SSSR count). The summed E-state index contributed by atoms with van der Waals surface area (Å²) < 4.78 is 22.9. The SMILES string of the molecule is CCOc1cc(-c2c(-c3ccccc3)cnc(N)c2C#N)ccc1OCc1cc(OC)ccc1OC. The number of nitrogens with two attached hydrogens (primary N) is 1. The Morgan fingerprint density at radius 3 is 2.33 bits per heavy atom. The van der Waals surface area contributed by atoms with Crippen molar-refractivity contribution in [1.82, 2.24) is 4.98 Å². The normalized spacial score (nSPS) is 10.4. The highest BCUT2D eigenvalue weighted by atomic mass is 16.5. The van der Waals surface area contributed by atoms with Crippen LogP contribution in [-0.4, -0.2) is 25.8 Å². The molecule has 7 nitrogen and oxygen atoms in total. The lowest BCUT2D eigenvalue weighted by molar-refractivity contribution is 0.264. The molecule has 0 bridgehead atoms. The number of rotatable bonds is 9. The number of nitriles is 1. The van der Waals surface area contributed by atoms with Gasteiger partial charge in [0.2, 0.25) is 0 Å². The van der Waals surface area contributed by atoms with Gasteiger partial charge in [0.1, 0.15) is 35.6 Å². The molecule has 0 atom stereocenters. The van der Waals surface area contributed by atoms with E-state index in [0.29, 0.717) is 40.7 Å². The summed E-state index contributed by atoms with van der Waals surface area (Å²) in [5, 5.41) is 9.91. The molecule has 2 N–H and O–H groups in total. The molecule has 0 saturated carbocycles. The van der Waals surface area contributed by atoms with Crippen LogP contribution in [0.15, 0.2) is 72.9 Å². The van der Waals surface area contributed by atoms with E-state index in [0.717, 1.165) is 22.3 Å². The van der Waals surface area contributed by atoms with Crippen LogP contribution in [-0.2, 0) is 6.61 Å². The second-order valence-corrected chi connectivity index (χ2v) is 7.85.